The van der Waals surface area contributed by atoms with E-state index in [0.29, 0.717) is 22.9 Å². The minimum atomic E-state index is -0.315. The fourth-order valence-electron chi connectivity index (χ4n) is 2.66. The molecule has 144 valence electrons. The number of hydrogen-bond donors (Lipinski definition) is 2. The Balaban J connectivity index is 2.10. The third-order valence-electron chi connectivity index (χ3n) is 3.94. The summed E-state index contributed by atoms with van der Waals surface area (Å²) in [6, 6.07) is 11.0. The van der Waals surface area contributed by atoms with Gasteiger partial charge >= 0.3 is 0 Å². The highest BCUT2D eigenvalue weighted by Crippen LogP contribution is 2.29. The van der Waals surface area contributed by atoms with E-state index in [1.165, 1.54) is 14.0 Å². The molecule has 0 radical (unpaired) electrons. The Morgan fingerprint density at radius 2 is 1.78 bits per heavy atom. The summed E-state index contributed by atoms with van der Waals surface area (Å²) in [5, 5.41) is 5.45. The lowest BCUT2D eigenvalue weighted by Crippen LogP contribution is -2.21. The second-order valence-electron chi connectivity index (χ2n) is 6.63. The van der Waals surface area contributed by atoms with Gasteiger partial charge in [-0.05, 0) is 48.2 Å². The van der Waals surface area contributed by atoms with Crippen molar-refractivity contribution < 1.29 is 19.1 Å². The topological polar surface area (TPSA) is 76.7 Å². The van der Waals surface area contributed by atoms with E-state index in [-0.39, 0.29) is 24.3 Å². The normalized spacial score (nSPS) is 10.4. The molecule has 2 aromatic carbocycles. The highest BCUT2D eigenvalue weighted by Gasteiger charge is 2.13. The number of hydrogen-bond acceptors (Lipinski definition) is 4. The second-order valence-corrected chi connectivity index (χ2v) is 6.63. The molecule has 2 amide bonds. The van der Waals surface area contributed by atoms with Crippen LogP contribution in [0.15, 0.2) is 36.4 Å². The molecule has 0 unspecified atom stereocenters. The number of carbonyl (C=O) groups is 2. The number of anilines is 2. The zero-order chi connectivity index (χ0) is 20.0. The first-order valence-electron chi connectivity index (χ1n) is 8.79. The van der Waals surface area contributed by atoms with Crippen molar-refractivity contribution in [2.45, 2.75) is 33.6 Å². The molecule has 6 heteroatoms. The van der Waals surface area contributed by atoms with Crippen molar-refractivity contribution in [3.63, 3.8) is 0 Å². The van der Waals surface area contributed by atoms with E-state index in [1.54, 1.807) is 18.2 Å². The summed E-state index contributed by atoms with van der Waals surface area (Å²) in [6.45, 7) is 7.43. The molecule has 0 bridgehead atoms. The molecule has 2 rings (SSSR count). The van der Waals surface area contributed by atoms with Gasteiger partial charge in [0.05, 0.1) is 12.8 Å². The van der Waals surface area contributed by atoms with Crippen LogP contribution >= 0.6 is 0 Å². The number of ether oxygens (including phenoxy) is 2. The first kappa shape index (κ1) is 20.3. The molecule has 2 N–H and O–H groups in total. The number of rotatable bonds is 7. The number of amides is 2. The highest BCUT2D eigenvalue weighted by atomic mass is 16.5. The molecule has 0 saturated carbocycles. The molecule has 0 saturated heterocycles. The van der Waals surface area contributed by atoms with Crippen molar-refractivity contribution in [3.05, 3.63) is 47.5 Å². The summed E-state index contributed by atoms with van der Waals surface area (Å²) in [7, 11) is 1.52. The van der Waals surface area contributed by atoms with E-state index in [1.807, 2.05) is 25.1 Å². The Kier molecular flexibility index (Phi) is 6.82. The van der Waals surface area contributed by atoms with Crippen molar-refractivity contribution in [2.24, 2.45) is 0 Å². The molecule has 2 aromatic rings. The Morgan fingerprint density at radius 3 is 2.41 bits per heavy atom. The van der Waals surface area contributed by atoms with Crippen LogP contribution in [0.3, 0.4) is 0 Å². The molecule has 0 heterocycles. The van der Waals surface area contributed by atoms with Crippen LogP contribution in [0, 0.1) is 6.92 Å². The maximum absolute atomic E-state index is 12.4. The van der Waals surface area contributed by atoms with Crippen LogP contribution in [-0.2, 0) is 9.59 Å². The standard InChI is InChI=1S/C21H26N2O4/c1-13(2)17-8-6-14(3)10-20(17)27-12-21(25)23-18-11-16(22-15(4)24)7-9-19(18)26-5/h6-11,13H,12H2,1-5H3,(H,22,24)(H,23,25). The van der Waals surface area contributed by atoms with Gasteiger partial charge in [-0.3, -0.25) is 9.59 Å². The third-order valence-corrected chi connectivity index (χ3v) is 3.94. The molecular formula is C21H26N2O4. The van der Waals surface area contributed by atoms with Crippen molar-refractivity contribution in [2.75, 3.05) is 24.4 Å². The molecule has 0 atom stereocenters. The average molecular weight is 370 g/mol. The predicted octanol–water partition coefficient (Wildman–Crippen LogP) is 4.10. The number of aryl methyl sites for hydroxylation is 1. The Hall–Kier alpha value is -3.02. The maximum atomic E-state index is 12.4. The lowest BCUT2D eigenvalue weighted by Gasteiger charge is -2.16. The van der Waals surface area contributed by atoms with Gasteiger partial charge < -0.3 is 20.1 Å². The summed E-state index contributed by atoms with van der Waals surface area (Å²) >= 11 is 0. The first-order valence-corrected chi connectivity index (χ1v) is 8.79. The van der Waals surface area contributed by atoms with Crippen molar-refractivity contribution in [3.8, 4) is 11.5 Å². The molecule has 0 aliphatic rings. The zero-order valence-corrected chi connectivity index (χ0v) is 16.4. The minimum Gasteiger partial charge on any atom is -0.495 e. The van der Waals surface area contributed by atoms with E-state index < -0.39 is 0 Å². The SMILES string of the molecule is COc1ccc(NC(C)=O)cc1NC(=O)COc1cc(C)ccc1C(C)C. The van der Waals surface area contributed by atoms with E-state index in [4.69, 9.17) is 9.47 Å². The minimum absolute atomic E-state index is 0.128. The lowest BCUT2D eigenvalue weighted by molar-refractivity contribution is -0.118. The lowest BCUT2D eigenvalue weighted by atomic mass is 10.0. The molecule has 0 fully saturated rings. The van der Waals surface area contributed by atoms with Crippen LogP contribution in [0.1, 0.15) is 37.8 Å². The fraction of sp³-hybridized carbons (Fsp3) is 0.333. The third kappa shape index (κ3) is 5.74. The molecule has 27 heavy (non-hydrogen) atoms. The van der Waals surface area contributed by atoms with E-state index in [0.717, 1.165) is 11.1 Å². The summed E-state index contributed by atoms with van der Waals surface area (Å²) in [6.07, 6.45) is 0. The van der Waals surface area contributed by atoms with Gasteiger partial charge in [0.25, 0.3) is 5.91 Å². The largest absolute Gasteiger partial charge is 0.495 e. The first-order chi connectivity index (χ1) is 12.8. The summed E-state index contributed by atoms with van der Waals surface area (Å²) in [5.41, 5.74) is 3.16. The van der Waals surface area contributed by atoms with Gasteiger partial charge in [0.1, 0.15) is 11.5 Å². The number of benzene rings is 2. The number of methoxy groups -OCH3 is 1. The van der Waals surface area contributed by atoms with Crippen molar-refractivity contribution >= 4 is 23.2 Å². The van der Waals surface area contributed by atoms with Gasteiger partial charge in [0.2, 0.25) is 5.91 Å². The van der Waals surface area contributed by atoms with Crippen LogP contribution in [0.5, 0.6) is 11.5 Å². The fourth-order valence-corrected chi connectivity index (χ4v) is 2.66. The van der Waals surface area contributed by atoms with Gasteiger partial charge in [0.15, 0.2) is 6.61 Å². The molecule has 0 aromatic heterocycles. The van der Waals surface area contributed by atoms with Gasteiger partial charge in [-0.2, -0.15) is 0 Å². The van der Waals surface area contributed by atoms with Crippen LogP contribution in [0.25, 0.3) is 0 Å². The van der Waals surface area contributed by atoms with Crippen molar-refractivity contribution in [1.29, 1.82) is 0 Å². The van der Waals surface area contributed by atoms with Crippen molar-refractivity contribution in [1.82, 2.24) is 0 Å². The molecule has 6 nitrogen and oxygen atoms in total. The molecule has 0 spiro atoms. The number of carbonyl (C=O) groups excluding carboxylic acids is 2. The quantitative estimate of drug-likeness (QED) is 0.769. The van der Waals surface area contributed by atoms with Crippen LogP contribution < -0.4 is 20.1 Å². The monoisotopic (exact) mass is 370 g/mol. The smallest absolute Gasteiger partial charge is 0.262 e. The van der Waals surface area contributed by atoms with E-state index in [9.17, 15) is 9.59 Å². The average Bonchev–Trinajstić information content (AvgIpc) is 2.59. The molecule has 0 aliphatic carbocycles. The van der Waals surface area contributed by atoms with Crippen LogP contribution in [-0.4, -0.2) is 25.5 Å². The summed E-state index contributed by atoms with van der Waals surface area (Å²) in [4.78, 5) is 23.6. The Bertz CT molecular complexity index is 831. The Morgan fingerprint density at radius 1 is 1.04 bits per heavy atom. The second kappa shape index (κ2) is 9.07. The van der Waals surface area contributed by atoms with Gasteiger partial charge in [-0.25, -0.2) is 0 Å². The van der Waals surface area contributed by atoms with Gasteiger partial charge in [-0.15, -0.1) is 0 Å². The predicted molar refractivity (Wildman–Crippen MR) is 107 cm³/mol. The van der Waals surface area contributed by atoms with Crippen LogP contribution in [0.2, 0.25) is 0 Å². The van der Waals surface area contributed by atoms with E-state index >= 15 is 0 Å². The zero-order valence-electron chi connectivity index (χ0n) is 16.4. The van der Waals surface area contributed by atoms with Gasteiger partial charge in [0, 0.05) is 12.6 Å². The number of nitrogens with one attached hydrogen (secondary N) is 2. The summed E-state index contributed by atoms with van der Waals surface area (Å²) in [5.74, 6) is 0.985. The molecule has 0 aliphatic heterocycles. The Labute approximate surface area is 159 Å². The maximum Gasteiger partial charge on any atom is 0.262 e. The molecular weight excluding hydrogens is 344 g/mol. The van der Waals surface area contributed by atoms with Crippen LogP contribution in [0.4, 0.5) is 11.4 Å². The highest BCUT2D eigenvalue weighted by molar-refractivity contribution is 5.95. The van der Waals surface area contributed by atoms with Gasteiger partial charge in [-0.1, -0.05) is 26.0 Å². The van der Waals surface area contributed by atoms with E-state index in [2.05, 4.69) is 24.5 Å². The summed E-state index contributed by atoms with van der Waals surface area (Å²) < 4.78 is 11.0.